The zero-order chi connectivity index (χ0) is 21.5. The van der Waals surface area contributed by atoms with E-state index in [1.54, 1.807) is 0 Å². The molecule has 0 spiro atoms. The average Bonchev–Trinajstić information content (AvgIpc) is 2.54. The van der Waals surface area contributed by atoms with Crippen molar-refractivity contribution in [3.63, 3.8) is 0 Å². The van der Waals surface area contributed by atoms with Gasteiger partial charge < -0.3 is 25.3 Å². The molecule has 0 atom stereocenters. The fourth-order valence-corrected chi connectivity index (χ4v) is 4.07. The van der Waals surface area contributed by atoms with Crippen LogP contribution in [0.15, 0.2) is 58.3 Å². The molecule has 0 heterocycles. The summed E-state index contributed by atoms with van der Waals surface area (Å²) in [5, 5.41) is 21.1. The van der Waals surface area contributed by atoms with E-state index in [2.05, 4.69) is 0 Å². The predicted octanol–water partition coefficient (Wildman–Crippen LogP) is -1.48. The first-order valence-electron chi connectivity index (χ1n) is 7.20. The number of sulfone groups is 2. The summed E-state index contributed by atoms with van der Waals surface area (Å²) in [6.45, 7) is 0. The van der Waals surface area contributed by atoms with Gasteiger partial charge in [0, 0.05) is 10.0 Å². The molecule has 0 fully saturated rings. The Morgan fingerprint density at radius 3 is 1.10 bits per heavy atom. The molecule has 0 unspecified atom stereocenters. The Bertz CT molecular complexity index is 965. The molecule has 160 valence electrons. The summed E-state index contributed by atoms with van der Waals surface area (Å²) >= 11 is 11.1. The van der Waals surface area contributed by atoms with Gasteiger partial charge in [0.25, 0.3) is 0 Å². The molecule has 0 aliphatic rings. The molecule has 0 saturated heterocycles. The number of hydrogen-bond donors (Lipinski definition) is 0. The molecule has 0 bridgehead atoms. The van der Waals surface area contributed by atoms with Gasteiger partial charge in [0.15, 0.2) is 19.7 Å². The van der Waals surface area contributed by atoms with Crippen LogP contribution < -0.4 is 10.2 Å². The third kappa shape index (κ3) is 10.9. The van der Waals surface area contributed by atoms with Crippen LogP contribution in [0.1, 0.15) is 0 Å². The fourth-order valence-electron chi connectivity index (χ4n) is 1.76. The minimum absolute atomic E-state index is 0. The Morgan fingerprint density at radius 1 is 0.667 bits per heavy atom. The number of aliphatic carboxylic acids is 2. The van der Waals surface area contributed by atoms with Gasteiger partial charge in [0.05, 0.1) is 33.2 Å². The summed E-state index contributed by atoms with van der Waals surface area (Å²) in [4.78, 5) is 20.1. The standard InChI is InChI=1S/2C8H7ClO4S.Ca.H2O/c2*9-6-1-3-7(4-2-6)14(12,13)5-8(10)11;;/h2*1-4H,5H2,(H,10,11);;1H2/q;;+2;/p-2. The number of carbonyl (C=O) groups is 2. The van der Waals surface area contributed by atoms with Crippen LogP contribution in [-0.2, 0) is 29.3 Å². The van der Waals surface area contributed by atoms with Gasteiger partial charge in [-0.15, -0.1) is 0 Å². The van der Waals surface area contributed by atoms with Gasteiger partial charge in [-0.1, -0.05) is 23.2 Å². The molecule has 2 aromatic rings. The summed E-state index contributed by atoms with van der Waals surface area (Å²) in [5.74, 6) is -5.29. The molecule has 30 heavy (non-hydrogen) atoms. The number of rotatable bonds is 6. The molecule has 2 N–H and O–H groups in total. The summed E-state index contributed by atoms with van der Waals surface area (Å²) in [5.41, 5.74) is 0. The molecule has 2 aromatic carbocycles. The molecular weight excluding hydrogens is 511 g/mol. The van der Waals surface area contributed by atoms with Crippen molar-refractivity contribution in [3.8, 4) is 0 Å². The van der Waals surface area contributed by atoms with Crippen molar-refractivity contribution in [1.29, 1.82) is 0 Å². The van der Waals surface area contributed by atoms with E-state index in [9.17, 15) is 36.6 Å². The first kappa shape index (κ1) is 31.3. The van der Waals surface area contributed by atoms with E-state index in [0.29, 0.717) is 10.0 Å². The topological polar surface area (TPSA) is 180 Å². The second-order valence-electron chi connectivity index (χ2n) is 5.17. The maximum atomic E-state index is 11.3. The van der Waals surface area contributed by atoms with E-state index >= 15 is 0 Å². The Morgan fingerprint density at radius 2 is 0.900 bits per heavy atom. The van der Waals surface area contributed by atoms with E-state index in [1.807, 2.05) is 0 Å². The van der Waals surface area contributed by atoms with Gasteiger partial charge in [-0.05, 0) is 48.5 Å². The van der Waals surface area contributed by atoms with Gasteiger partial charge in [0.2, 0.25) is 0 Å². The number of benzene rings is 2. The minimum Gasteiger partial charge on any atom is -0.549 e. The molecule has 0 amide bonds. The van der Waals surface area contributed by atoms with Crippen molar-refractivity contribution in [2.75, 3.05) is 11.5 Å². The maximum Gasteiger partial charge on any atom is 2.00 e. The molecule has 0 aliphatic heterocycles. The molecule has 14 heteroatoms. The summed E-state index contributed by atoms with van der Waals surface area (Å²) in [6.07, 6.45) is 0. The molecule has 9 nitrogen and oxygen atoms in total. The van der Waals surface area contributed by atoms with Gasteiger partial charge in [-0.25, -0.2) is 16.8 Å². The van der Waals surface area contributed by atoms with Crippen molar-refractivity contribution in [2.24, 2.45) is 0 Å². The van der Waals surface area contributed by atoms with E-state index in [-0.39, 0.29) is 53.0 Å². The van der Waals surface area contributed by atoms with E-state index < -0.39 is 43.1 Å². The van der Waals surface area contributed by atoms with Crippen LogP contribution in [0, 0.1) is 0 Å². The van der Waals surface area contributed by atoms with Crippen LogP contribution in [0.3, 0.4) is 0 Å². The Labute approximate surface area is 212 Å². The summed E-state index contributed by atoms with van der Waals surface area (Å²) < 4.78 is 45.2. The Balaban J connectivity index is 0. The number of hydrogen-bond acceptors (Lipinski definition) is 8. The largest absolute Gasteiger partial charge is 2.00 e. The Hall–Kier alpha value is -0.920. The van der Waals surface area contributed by atoms with Crippen molar-refractivity contribution >= 4 is 92.6 Å². The van der Waals surface area contributed by atoms with E-state index in [0.717, 1.165) is 0 Å². The van der Waals surface area contributed by atoms with Crippen molar-refractivity contribution < 1.29 is 42.1 Å². The summed E-state index contributed by atoms with van der Waals surface area (Å²) in [6, 6.07) is 10.5. The van der Waals surface area contributed by atoms with Crippen LogP contribution in [0.4, 0.5) is 0 Å². The van der Waals surface area contributed by atoms with Gasteiger partial charge in [0.1, 0.15) is 0 Å². The van der Waals surface area contributed by atoms with E-state index in [1.165, 1.54) is 48.5 Å². The predicted molar refractivity (Wildman–Crippen MR) is 106 cm³/mol. The Kier molecular flexibility index (Phi) is 14.1. The van der Waals surface area contributed by atoms with E-state index in [4.69, 9.17) is 23.2 Å². The molecule has 0 saturated carbocycles. The zero-order valence-corrected chi connectivity index (χ0v) is 20.4. The van der Waals surface area contributed by atoms with Crippen LogP contribution in [0.5, 0.6) is 0 Å². The molecule has 2 rings (SSSR count). The van der Waals surface area contributed by atoms with Gasteiger partial charge in [-0.3, -0.25) is 0 Å². The SMILES string of the molecule is O.O=C([O-])CS(=O)(=O)c1ccc(Cl)cc1.O=C([O-])CS(=O)(=O)c1ccc(Cl)cc1.[Ca+2]. The molecule has 0 aliphatic carbocycles. The van der Waals surface area contributed by atoms with Crippen LogP contribution >= 0.6 is 23.2 Å². The molecule has 0 radical (unpaired) electrons. The van der Waals surface area contributed by atoms with Crippen molar-refractivity contribution in [3.05, 3.63) is 58.6 Å². The van der Waals surface area contributed by atoms with Crippen LogP contribution in [0.2, 0.25) is 10.0 Å². The maximum absolute atomic E-state index is 11.3. The summed E-state index contributed by atoms with van der Waals surface area (Å²) in [7, 11) is -7.59. The van der Waals surface area contributed by atoms with Crippen molar-refractivity contribution in [2.45, 2.75) is 9.79 Å². The molecule has 0 aromatic heterocycles. The first-order chi connectivity index (χ1) is 12.8. The van der Waals surface area contributed by atoms with Gasteiger partial charge in [-0.2, -0.15) is 0 Å². The van der Waals surface area contributed by atoms with Crippen LogP contribution in [-0.4, -0.2) is 83.5 Å². The third-order valence-corrected chi connectivity index (χ3v) is 6.68. The monoisotopic (exact) mass is 524 g/mol. The second kappa shape index (κ2) is 13.5. The van der Waals surface area contributed by atoms with Crippen molar-refractivity contribution in [1.82, 2.24) is 0 Å². The smallest absolute Gasteiger partial charge is 0.549 e. The molecular formula is C16H14CaCl2O9S2. The average molecular weight is 525 g/mol. The number of carbonyl (C=O) groups excluding carboxylic acids is 2. The number of carboxylic acid groups (broad SMARTS) is 2. The first-order valence-corrected chi connectivity index (χ1v) is 11.3. The number of carboxylic acids is 2. The normalized spacial score (nSPS) is 10.5. The third-order valence-electron chi connectivity index (χ3n) is 2.96. The van der Waals surface area contributed by atoms with Crippen LogP contribution in [0.25, 0.3) is 0 Å². The second-order valence-corrected chi connectivity index (χ2v) is 10.0. The fraction of sp³-hybridized carbons (Fsp3) is 0.125. The zero-order valence-electron chi connectivity index (χ0n) is 15.1. The quantitative estimate of drug-likeness (QED) is 0.410. The minimum atomic E-state index is -3.80. The van der Waals surface area contributed by atoms with Gasteiger partial charge >= 0.3 is 37.7 Å². The number of halogens is 2.